The third-order valence-electron chi connectivity index (χ3n) is 2.25. The van der Waals surface area contributed by atoms with Crippen LogP contribution in [-0.2, 0) is 36.9 Å². The molecule has 106 valence electrons. The molecule has 1 aliphatic rings. The molecule has 9 heteroatoms. The molecule has 0 unspecified atom stereocenters. The van der Waals surface area contributed by atoms with Crippen molar-refractivity contribution in [2.24, 2.45) is 0 Å². The van der Waals surface area contributed by atoms with Crippen LogP contribution in [0, 0.1) is 0 Å². The van der Waals surface area contributed by atoms with Gasteiger partial charge < -0.3 is 4.52 Å². The fourth-order valence-electron chi connectivity index (χ4n) is 1.43. The van der Waals surface area contributed by atoms with Crippen molar-refractivity contribution in [1.29, 1.82) is 0 Å². The molecule has 1 aliphatic heterocycles. The summed E-state index contributed by atoms with van der Waals surface area (Å²) in [5.41, 5.74) is 1.03. The molecule has 0 atom stereocenters. The van der Waals surface area contributed by atoms with Gasteiger partial charge in [0, 0.05) is 0 Å². The van der Waals surface area contributed by atoms with E-state index in [4.69, 9.17) is 12.5 Å². The summed E-state index contributed by atoms with van der Waals surface area (Å²) in [5.74, 6) is 0.576. The summed E-state index contributed by atoms with van der Waals surface area (Å²) in [4.78, 5) is 0. The first-order valence-electron chi connectivity index (χ1n) is 5.49. The van der Waals surface area contributed by atoms with Crippen molar-refractivity contribution in [3.05, 3.63) is 29.8 Å². The SMILES string of the molecule is CCCCc1ccccc1OP1(=O)OSSO1.[S]=[Mo]. The van der Waals surface area contributed by atoms with Crippen LogP contribution in [0.25, 0.3) is 0 Å². The van der Waals surface area contributed by atoms with Crippen molar-refractivity contribution < 1.29 is 35.0 Å². The van der Waals surface area contributed by atoms with E-state index in [1.54, 1.807) is 6.07 Å². The molecule has 1 fully saturated rings. The van der Waals surface area contributed by atoms with Gasteiger partial charge in [0.1, 0.15) is 27.9 Å². The van der Waals surface area contributed by atoms with Crippen molar-refractivity contribution in [1.82, 2.24) is 0 Å². The quantitative estimate of drug-likeness (QED) is 0.273. The van der Waals surface area contributed by atoms with E-state index in [-0.39, 0.29) is 0 Å². The maximum atomic E-state index is 11.9. The molecule has 0 amide bonds. The molecule has 0 saturated carbocycles. The monoisotopic (exact) mass is 422 g/mol. The second-order valence-electron chi connectivity index (χ2n) is 3.53. The Labute approximate surface area is 136 Å². The summed E-state index contributed by atoms with van der Waals surface area (Å²) >= 11 is 3.39. The Bertz CT molecular complexity index is 439. The van der Waals surface area contributed by atoms with Gasteiger partial charge in [-0.05, 0) is 24.5 Å². The van der Waals surface area contributed by atoms with E-state index in [0.717, 1.165) is 47.0 Å². The summed E-state index contributed by atoms with van der Waals surface area (Å²) < 4.78 is 27.0. The number of rotatable bonds is 5. The van der Waals surface area contributed by atoms with Crippen LogP contribution in [0.5, 0.6) is 5.75 Å². The topological polar surface area (TPSA) is 44.8 Å². The first-order valence-corrected chi connectivity index (χ1v) is 11.7. The normalized spacial score (nSPS) is 16.5. The average molecular weight is 420 g/mol. The summed E-state index contributed by atoms with van der Waals surface area (Å²) in [5, 5.41) is 0. The van der Waals surface area contributed by atoms with Gasteiger partial charge in [-0.2, -0.15) is 7.94 Å². The Hall–Kier alpha value is 0.778. The van der Waals surface area contributed by atoms with Crippen LogP contribution >= 0.6 is 39.8 Å². The zero-order chi connectivity index (χ0) is 14.1. The number of benzene rings is 1. The predicted molar refractivity (Wildman–Crippen MR) is 78.2 cm³/mol. The van der Waals surface area contributed by atoms with Crippen LogP contribution in [0.4, 0.5) is 0 Å². The predicted octanol–water partition coefficient (Wildman–Crippen LogP) is 5.42. The van der Waals surface area contributed by atoms with Crippen LogP contribution in [0.2, 0.25) is 0 Å². The van der Waals surface area contributed by atoms with Gasteiger partial charge >= 0.3 is 35.6 Å². The van der Waals surface area contributed by atoms with Crippen LogP contribution in [0.15, 0.2) is 24.3 Å². The number of para-hydroxylation sites is 1. The molecule has 1 heterocycles. The minimum atomic E-state index is -3.43. The van der Waals surface area contributed by atoms with Gasteiger partial charge in [-0.3, -0.25) is 0 Å². The van der Waals surface area contributed by atoms with Crippen molar-refractivity contribution in [2.75, 3.05) is 0 Å². The van der Waals surface area contributed by atoms with Crippen molar-refractivity contribution in [2.45, 2.75) is 26.2 Å². The molecule has 0 aromatic heterocycles. The Kier molecular flexibility index (Phi) is 9.07. The third-order valence-corrected chi connectivity index (χ3v) is 5.94. The Morgan fingerprint density at radius 2 is 1.95 bits per heavy atom. The second kappa shape index (κ2) is 9.67. The molecular weight excluding hydrogens is 407 g/mol. The molecule has 0 aliphatic carbocycles. The molecule has 1 saturated heterocycles. The Balaban J connectivity index is 0.000000861. The van der Waals surface area contributed by atoms with Crippen LogP contribution in [0.1, 0.15) is 25.3 Å². The van der Waals surface area contributed by atoms with Gasteiger partial charge in [-0.1, -0.05) is 31.5 Å². The van der Waals surface area contributed by atoms with Gasteiger partial charge in [0.05, 0.1) is 0 Å². The molecule has 0 radical (unpaired) electrons. The molecule has 19 heavy (non-hydrogen) atoms. The van der Waals surface area contributed by atoms with E-state index in [1.165, 1.54) is 18.0 Å². The van der Waals surface area contributed by atoms with E-state index in [9.17, 15) is 4.57 Å². The fourth-order valence-corrected chi connectivity index (χ4v) is 5.00. The summed E-state index contributed by atoms with van der Waals surface area (Å²) in [6.07, 6.45) is 3.06. The molecule has 4 nitrogen and oxygen atoms in total. The minimum absolute atomic E-state index is 0.576. The van der Waals surface area contributed by atoms with Crippen LogP contribution in [0.3, 0.4) is 0 Å². The maximum absolute atomic E-state index is 11.9. The van der Waals surface area contributed by atoms with Gasteiger partial charge in [0.25, 0.3) is 0 Å². The summed E-state index contributed by atoms with van der Waals surface area (Å²) in [7, 11) is 0.668. The molecule has 0 spiro atoms. The molecule has 0 bridgehead atoms. The number of hydrogen-bond acceptors (Lipinski definition) is 7. The standard InChI is InChI=1S/C10H13O4PS2.Mo.S/c1-2-3-6-9-7-4-5-8-10(9)12-15(11)13-16-17-14-15;;/h4-5,7-8H,2-3,6H2,1H3;;. The third kappa shape index (κ3) is 5.96. The molecule has 1 aromatic rings. The number of unbranched alkanes of at least 4 members (excludes halogenated alkanes) is 1. The van der Waals surface area contributed by atoms with Gasteiger partial charge in [0.2, 0.25) is 0 Å². The molecule has 0 N–H and O–H groups in total. The average Bonchev–Trinajstić information content (AvgIpc) is 2.87. The molecule has 1 aromatic carbocycles. The zero-order valence-corrected chi connectivity index (χ0v) is 15.5. The fraction of sp³-hybridized carbons (Fsp3) is 0.400. The number of phosphoric acid groups is 1. The number of aryl methyl sites for hydroxylation is 1. The van der Waals surface area contributed by atoms with Crippen LogP contribution < -0.4 is 4.52 Å². The Morgan fingerprint density at radius 1 is 1.32 bits per heavy atom. The van der Waals surface area contributed by atoms with E-state index in [2.05, 4.69) is 16.7 Å². The molecular formula is C10H13MoO4PS3. The first-order chi connectivity index (χ1) is 9.23. The van der Waals surface area contributed by atoms with E-state index in [0.29, 0.717) is 5.75 Å². The van der Waals surface area contributed by atoms with Crippen LogP contribution in [-0.4, -0.2) is 0 Å². The van der Waals surface area contributed by atoms with Crippen molar-refractivity contribution in [3.8, 4) is 5.75 Å². The van der Waals surface area contributed by atoms with E-state index in [1.807, 2.05) is 18.2 Å². The van der Waals surface area contributed by atoms with Crippen molar-refractivity contribution >= 4 is 39.8 Å². The van der Waals surface area contributed by atoms with E-state index >= 15 is 0 Å². The number of hydrogen-bond donors (Lipinski definition) is 0. The van der Waals surface area contributed by atoms with Gasteiger partial charge in [-0.15, -0.1) is 0 Å². The molecule has 2 rings (SSSR count). The van der Waals surface area contributed by atoms with Crippen molar-refractivity contribution in [3.63, 3.8) is 0 Å². The zero-order valence-electron chi connectivity index (χ0n) is 10.1. The van der Waals surface area contributed by atoms with Gasteiger partial charge in [-0.25, -0.2) is 4.57 Å². The second-order valence-corrected chi connectivity index (χ2v) is 6.89. The Morgan fingerprint density at radius 3 is 2.58 bits per heavy atom. The first kappa shape index (κ1) is 17.8. The summed E-state index contributed by atoms with van der Waals surface area (Å²) in [6, 6.07) is 7.53. The summed E-state index contributed by atoms with van der Waals surface area (Å²) in [6.45, 7) is 2.13. The van der Waals surface area contributed by atoms with E-state index < -0.39 is 7.82 Å². The van der Waals surface area contributed by atoms with Gasteiger partial charge in [0.15, 0.2) is 0 Å².